The average molecular weight is 372 g/mol. The molecule has 0 saturated carbocycles. The normalized spacial score (nSPS) is 14.4. The van der Waals surface area contributed by atoms with Crippen molar-refractivity contribution in [3.05, 3.63) is 46.5 Å². The molecule has 0 aliphatic carbocycles. The molecule has 2 aromatic rings. The third-order valence-corrected chi connectivity index (χ3v) is 4.82. The van der Waals surface area contributed by atoms with E-state index in [1.165, 1.54) is 7.11 Å². The molecule has 0 unspecified atom stereocenters. The summed E-state index contributed by atoms with van der Waals surface area (Å²) in [5.41, 5.74) is 2.29. The Morgan fingerprint density at radius 1 is 1.26 bits per heavy atom. The zero-order valence-corrected chi connectivity index (χ0v) is 15.9. The number of benzene rings is 2. The molecule has 1 aliphatic rings. The topological polar surface area (TPSA) is 85.2 Å². The van der Waals surface area contributed by atoms with Crippen LogP contribution in [-0.2, 0) is 11.3 Å². The lowest BCUT2D eigenvalue weighted by molar-refractivity contribution is 0.0454. The molecular formula is C21H24O6. The van der Waals surface area contributed by atoms with Gasteiger partial charge in [0.15, 0.2) is 11.5 Å². The largest absolute Gasteiger partial charge is 0.504 e. The van der Waals surface area contributed by atoms with Gasteiger partial charge in [-0.05, 0) is 36.6 Å². The van der Waals surface area contributed by atoms with E-state index in [9.17, 15) is 15.0 Å². The van der Waals surface area contributed by atoms with Crippen molar-refractivity contribution in [1.29, 1.82) is 0 Å². The first kappa shape index (κ1) is 19.0. The maximum atomic E-state index is 12.7. The quantitative estimate of drug-likeness (QED) is 0.792. The molecule has 1 atom stereocenters. The molecule has 0 saturated heterocycles. The second-order valence-corrected chi connectivity index (χ2v) is 7.04. The standard InChI is InChI=1S/C21H24O6/c1-11(2)15(9-22)14-5-6-17-18(20(14)25-4)21(24)26-10-13-7-12(3)8-16(23)19(13)27-17/h5-8,11,15,22-23H,9-10H2,1-4H3/t15-/m0/s1. The van der Waals surface area contributed by atoms with Gasteiger partial charge in [-0.25, -0.2) is 4.79 Å². The van der Waals surface area contributed by atoms with Gasteiger partial charge >= 0.3 is 5.97 Å². The van der Waals surface area contributed by atoms with Gasteiger partial charge in [0.2, 0.25) is 0 Å². The maximum absolute atomic E-state index is 12.7. The molecular weight excluding hydrogens is 348 g/mol. The molecule has 0 fully saturated rings. The molecule has 6 nitrogen and oxygen atoms in total. The van der Waals surface area contributed by atoms with Crippen LogP contribution in [0.3, 0.4) is 0 Å². The number of aryl methyl sites for hydroxylation is 1. The van der Waals surface area contributed by atoms with Crippen molar-refractivity contribution < 1.29 is 29.2 Å². The van der Waals surface area contributed by atoms with Crippen molar-refractivity contribution in [2.75, 3.05) is 13.7 Å². The van der Waals surface area contributed by atoms with Crippen molar-refractivity contribution in [1.82, 2.24) is 0 Å². The summed E-state index contributed by atoms with van der Waals surface area (Å²) < 4.78 is 16.9. The van der Waals surface area contributed by atoms with E-state index in [2.05, 4.69) is 0 Å². The van der Waals surface area contributed by atoms with Crippen molar-refractivity contribution >= 4 is 5.97 Å². The minimum absolute atomic E-state index is 0.0210. The number of carbonyl (C=O) groups is 1. The van der Waals surface area contributed by atoms with E-state index >= 15 is 0 Å². The fraction of sp³-hybridized carbons (Fsp3) is 0.381. The molecule has 0 amide bonds. The number of phenolic OH excluding ortho intramolecular Hbond substituents is 1. The summed E-state index contributed by atoms with van der Waals surface area (Å²) in [6, 6.07) is 6.82. The molecule has 27 heavy (non-hydrogen) atoms. The van der Waals surface area contributed by atoms with E-state index in [1.807, 2.05) is 20.8 Å². The Balaban J connectivity index is 2.19. The number of esters is 1. The molecule has 2 aromatic carbocycles. The monoisotopic (exact) mass is 372 g/mol. The molecule has 6 heteroatoms. The third-order valence-electron chi connectivity index (χ3n) is 4.82. The Morgan fingerprint density at radius 2 is 2.00 bits per heavy atom. The number of aromatic hydroxyl groups is 1. The van der Waals surface area contributed by atoms with Crippen LogP contribution in [0.4, 0.5) is 0 Å². The van der Waals surface area contributed by atoms with Gasteiger partial charge in [0.05, 0.1) is 13.7 Å². The van der Waals surface area contributed by atoms with Crippen molar-refractivity contribution in [2.24, 2.45) is 5.92 Å². The van der Waals surface area contributed by atoms with Gasteiger partial charge in [0, 0.05) is 17.0 Å². The highest BCUT2D eigenvalue weighted by Gasteiger charge is 2.30. The molecule has 1 aliphatic heterocycles. The van der Waals surface area contributed by atoms with Gasteiger partial charge in [0.25, 0.3) is 0 Å². The summed E-state index contributed by atoms with van der Waals surface area (Å²) >= 11 is 0. The molecule has 0 bridgehead atoms. The van der Waals surface area contributed by atoms with Gasteiger partial charge in [-0.2, -0.15) is 0 Å². The number of hydrogen-bond donors (Lipinski definition) is 2. The summed E-state index contributed by atoms with van der Waals surface area (Å²) in [6.45, 7) is 5.71. The number of carbonyl (C=O) groups excluding carboxylic acids is 1. The van der Waals surface area contributed by atoms with Crippen LogP contribution in [0.25, 0.3) is 0 Å². The second kappa shape index (κ2) is 7.48. The summed E-state index contributed by atoms with van der Waals surface area (Å²) in [5.74, 6) is 0.156. The molecule has 0 spiro atoms. The molecule has 0 aromatic heterocycles. The van der Waals surface area contributed by atoms with Gasteiger partial charge in [-0.15, -0.1) is 0 Å². The Bertz CT molecular complexity index is 871. The minimum atomic E-state index is -0.573. The highest BCUT2D eigenvalue weighted by atomic mass is 16.5. The second-order valence-electron chi connectivity index (χ2n) is 7.04. The number of rotatable bonds is 4. The molecule has 0 radical (unpaired) electrons. The van der Waals surface area contributed by atoms with Gasteiger partial charge in [0.1, 0.15) is 23.7 Å². The number of phenols is 1. The Labute approximate surface area is 158 Å². The van der Waals surface area contributed by atoms with E-state index in [0.29, 0.717) is 16.9 Å². The van der Waals surface area contributed by atoms with Crippen molar-refractivity contribution in [3.63, 3.8) is 0 Å². The summed E-state index contributed by atoms with van der Waals surface area (Å²) in [5, 5.41) is 20.1. The number of cyclic esters (lactones) is 1. The van der Waals surface area contributed by atoms with Crippen LogP contribution >= 0.6 is 0 Å². The molecule has 3 rings (SSSR count). The van der Waals surface area contributed by atoms with E-state index in [1.54, 1.807) is 24.3 Å². The van der Waals surface area contributed by atoms with Gasteiger partial charge in [-0.1, -0.05) is 19.9 Å². The first-order chi connectivity index (χ1) is 12.9. The van der Waals surface area contributed by atoms with Gasteiger partial charge in [-0.3, -0.25) is 0 Å². The zero-order chi connectivity index (χ0) is 19.7. The van der Waals surface area contributed by atoms with Crippen LogP contribution in [0, 0.1) is 12.8 Å². The SMILES string of the molecule is COc1c([C@@H](CO)C(C)C)ccc2c1C(=O)OCc1cc(C)cc(O)c1O2. The summed E-state index contributed by atoms with van der Waals surface area (Å²) in [4.78, 5) is 12.7. The van der Waals surface area contributed by atoms with E-state index in [-0.39, 0.29) is 47.9 Å². The fourth-order valence-corrected chi connectivity index (χ4v) is 3.42. The van der Waals surface area contributed by atoms with Crippen LogP contribution in [0.5, 0.6) is 23.0 Å². The molecule has 2 N–H and O–H groups in total. The number of aliphatic hydroxyl groups is 1. The third kappa shape index (κ3) is 3.45. The predicted molar refractivity (Wildman–Crippen MR) is 99.7 cm³/mol. The van der Waals surface area contributed by atoms with Crippen molar-refractivity contribution in [3.8, 4) is 23.0 Å². The van der Waals surface area contributed by atoms with Gasteiger partial charge < -0.3 is 24.4 Å². The minimum Gasteiger partial charge on any atom is -0.504 e. The van der Waals surface area contributed by atoms with E-state index in [4.69, 9.17) is 14.2 Å². The molecule has 144 valence electrons. The lowest BCUT2D eigenvalue weighted by atomic mass is 9.87. The molecule has 1 heterocycles. The van der Waals surface area contributed by atoms with Crippen LogP contribution in [0.15, 0.2) is 24.3 Å². The number of fused-ring (bicyclic) bond motifs is 2. The zero-order valence-electron chi connectivity index (χ0n) is 15.9. The highest BCUT2D eigenvalue weighted by molar-refractivity contribution is 5.96. The Morgan fingerprint density at radius 3 is 2.63 bits per heavy atom. The first-order valence-electron chi connectivity index (χ1n) is 8.86. The highest BCUT2D eigenvalue weighted by Crippen LogP contribution is 2.44. The maximum Gasteiger partial charge on any atom is 0.346 e. The number of methoxy groups -OCH3 is 1. The number of ether oxygens (including phenoxy) is 3. The average Bonchev–Trinajstić information content (AvgIpc) is 2.61. The fourth-order valence-electron chi connectivity index (χ4n) is 3.42. The van der Waals surface area contributed by atoms with E-state index in [0.717, 1.165) is 5.56 Å². The van der Waals surface area contributed by atoms with Crippen molar-refractivity contribution in [2.45, 2.75) is 33.3 Å². The van der Waals surface area contributed by atoms with Crippen LogP contribution < -0.4 is 9.47 Å². The number of hydrogen-bond acceptors (Lipinski definition) is 6. The van der Waals surface area contributed by atoms with Crippen LogP contribution in [0.2, 0.25) is 0 Å². The Hall–Kier alpha value is -2.73. The Kier molecular flexibility index (Phi) is 5.28. The first-order valence-corrected chi connectivity index (χ1v) is 8.86. The summed E-state index contributed by atoms with van der Waals surface area (Å²) in [6.07, 6.45) is 0. The lowest BCUT2D eigenvalue weighted by Gasteiger charge is -2.25. The van der Waals surface area contributed by atoms with Crippen LogP contribution in [-0.4, -0.2) is 29.9 Å². The van der Waals surface area contributed by atoms with E-state index < -0.39 is 5.97 Å². The smallest absolute Gasteiger partial charge is 0.346 e. The predicted octanol–water partition coefficient (Wildman–Crippen LogP) is 3.90. The summed E-state index contributed by atoms with van der Waals surface area (Å²) in [7, 11) is 1.47. The lowest BCUT2D eigenvalue weighted by Crippen LogP contribution is -2.17. The number of aliphatic hydroxyl groups excluding tert-OH is 1. The van der Waals surface area contributed by atoms with Crippen LogP contribution in [0.1, 0.15) is 46.8 Å².